The molecule has 0 spiro atoms. The van der Waals surface area contributed by atoms with E-state index in [2.05, 4.69) is 27.4 Å². The Bertz CT molecular complexity index is 1480. The van der Waals surface area contributed by atoms with Crippen molar-refractivity contribution in [3.05, 3.63) is 94.8 Å². The Morgan fingerprint density at radius 2 is 1.84 bits per heavy atom. The summed E-state index contributed by atoms with van der Waals surface area (Å²) in [4.78, 5) is 25.9. The number of benzene rings is 3. The molecule has 4 aromatic rings. The van der Waals surface area contributed by atoms with Gasteiger partial charge in [-0.1, -0.05) is 91.3 Å². The molecular formula is C28H27Cl2N5O2S. The van der Waals surface area contributed by atoms with Gasteiger partial charge in [-0.3, -0.25) is 9.59 Å². The van der Waals surface area contributed by atoms with Crippen LogP contribution in [0.25, 0.3) is 10.8 Å². The first-order valence-corrected chi connectivity index (χ1v) is 13.7. The van der Waals surface area contributed by atoms with E-state index in [9.17, 15) is 9.59 Å². The van der Waals surface area contributed by atoms with Crippen LogP contribution in [0.1, 0.15) is 36.1 Å². The lowest BCUT2D eigenvalue weighted by Crippen LogP contribution is -2.34. The van der Waals surface area contributed by atoms with Gasteiger partial charge in [0, 0.05) is 22.6 Å². The summed E-state index contributed by atoms with van der Waals surface area (Å²) >= 11 is 13.5. The van der Waals surface area contributed by atoms with Crippen molar-refractivity contribution in [3.63, 3.8) is 0 Å². The molecule has 1 aromatic heterocycles. The highest BCUT2D eigenvalue weighted by molar-refractivity contribution is 7.99. The molecule has 196 valence electrons. The van der Waals surface area contributed by atoms with Gasteiger partial charge in [-0.2, -0.15) is 0 Å². The molecule has 2 N–H and O–H groups in total. The van der Waals surface area contributed by atoms with Gasteiger partial charge in [-0.15, -0.1) is 16.8 Å². The van der Waals surface area contributed by atoms with E-state index in [0.717, 1.165) is 16.5 Å². The van der Waals surface area contributed by atoms with Gasteiger partial charge in [0.05, 0.1) is 22.4 Å². The van der Waals surface area contributed by atoms with Gasteiger partial charge >= 0.3 is 0 Å². The van der Waals surface area contributed by atoms with Gasteiger partial charge in [0.1, 0.15) is 0 Å². The molecule has 0 unspecified atom stereocenters. The molecule has 1 atom stereocenters. The molecule has 0 aliphatic heterocycles. The minimum atomic E-state index is -0.458. The van der Waals surface area contributed by atoms with Gasteiger partial charge in [0.2, 0.25) is 5.91 Å². The lowest BCUT2D eigenvalue weighted by Gasteiger charge is -2.23. The Labute approximate surface area is 235 Å². The third kappa shape index (κ3) is 6.38. The van der Waals surface area contributed by atoms with Gasteiger partial charge < -0.3 is 15.2 Å². The van der Waals surface area contributed by atoms with Crippen molar-refractivity contribution >= 4 is 63.2 Å². The van der Waals surface area contributed by atoms with E-state index in [1.165, 1.54) is 17.8 Å². The number of fused-ring (bicyclic) bond motifs is 1. The molecule has 38 heavy (non-hydrogen) atoms. The molecule has 1 heterocycles. The van der Waals surface area contributed by atoms with Gasteiger partial charge in [-0.05, 0) is 35.6 Å². The first kappa shape index (κ1) is 27.7. The number of hydrogen-bond acceptors (Lipinski definition) is 5. The van der Waals surface area contributed by atoms with Crippen molar-refractivity contribution in [2.75, 3.05) is 11.1 Å². The summed E-state index contributed by atoms with van der Waals surface area (Å²) in [6, 6.07) is 18.0. The third-order valence-electron chi connectivity index (χ3n) is 5.86. The predicted octanol–water partition coefficient (Wildman–Crippen LogP) is 6.78. The van der Waals surface area contributed by atoms with E-state index in [4.69, 9.17) is 23.2 Å². The van der Waals surface area contributed by atoms with E-state index in [0.29, 0.717) is 28.1 Å². The highest BCUT2D eigenvalue weighted by atomic mass is 35.5. The van der Waals surface area contributed by atoms with Crippen LogP contribution in [0.3, 0.4) is 0 Å². The molecule has 0 bridgehead atoms. The number of nitrogens with one attached hydrogen (secondary N) is 2. The lowest BCUT2D eigenvalue weighted by atomic mass is 10.0. The van der Waals surface area contributed by atoms with Crippen molar-refractivity contribution in [3.8, 4) is 0 Å². The van der Waals surface area contributed by atoms with E-state index in [1.807, 2.05) is 60.9 Å². The quantitative estimate of drug-likeness (QED) is 0.163. The first-order chi connectivity index (χ1) is 18.3. The predicted molar refractivity (Wildman–Crippen MR) is 155 cm³/mol. The fraction of sp³-hybridized carbons (Fsp3) is 0.214. The Balaban J connectivity index is 1.50. The van der Waals surface area contributed by atoms with E-state index >= 15 is 0 Å². The number of carbonyl (C=O) groups is 2. The first-order valence-electron chi connectivity index (χ1n) is 12.0. The Morgan fingerprint density at radius 1 is 1.08 bits per heavy atom. The lowest BCUT2D eigenvalue weighted by molar-refractivity contribution is -0.113. The summed E-state index contributed by atoms with van der Waals surface area (Å²) in [5.74, 6) is 0.187. The molecule has 0 fully saturated rings. The second kappa shape index (κ2) is 12.5. The molecule has 0 saturated heterocycles. The highest BCUT2D eigenvalue weighted by Gasteiger charge is 2.27. The monoisotopic (exact) mass is 567 g/mol. The molecule has 10 heteroatoms. The zero-order valence-corrected chi connectivity index (χ0v) is 23.3. The molecule has 0 aliphatic carbocycles. The summed E-state index contributed by atoms with van der Waals surface area (Å²) in [5, 5.41) is 18.0. The number of anilines is 1. The minimum Gasteiger partial charge on any atom is -0.342 e. The van der Waals surface area contributed by atoms with E-state index in [-0.39, 0.29) is 28.5 Å². The number of halogens is 2. The maximum atomic E-state index is 13.0. The van der Waals surface area contributed by atoms with Crippen LogP contribution >= 0.6 is 35.0 Å². The molecule has 0 saturated carbocycles. The van der Waals surface area contributed by atoms with Crippen LogP contribution < -0.4 is 10.6 Å². The van der Waals surface area contributed by atoms with Crippen LogP contribution in [0.4, 0.5) is 5.69 Å². The standard InChI is InChI=1S/C28H27Cl2N5O2S/c1-4-14-35-26(25(17(2)3)32-27(37)21-13-12-19(29)15-22(21)30)33-34-28(35)38-16-24(36)31-23-11-7-9-18-8-5-6-10-20(18)23/h4-13,15,17,25H,1,14,16H2,2-3H3,(H,31,36)(H,32,37)/t25-/m1/s1. The van der Waals surface area contributed by atoms with E-state index < -0.39 is 6.04 Å². The Hall–Kier alpha value is -3.33. The fourth-order valence-corrected chi connectivity index (χ4v) is 5.26. The average Bonchev–Trinajstić information content (AvgIpc) is 3.28. The Morgan fingerprint density at radius 3 is 2.58 bits per heavy atom. The van der Waals surface area contributed by atoms with Crippen molar-refractivity contribution in [1.29, 1.82) is 0 Å². The summed E-state index contributed by atoms with van der Waals surface area (Å²) in [7, 11) is 0. The number of nitrogens with zero attached hydrogens (tertiary/aromatic N) is 3. The SMILES string of the molecule is C=CCn1c(SCC(=O)Nc2cccc3ccccc23)nnc1[C@H](NC(=O)c1ccc(Cl)cc1Cl)C(C)C. The molecule has 7 nitrogen and oxygen atoms in total. The maximum Gasteiger partial charge on any atom is 0.253 e. The van der Waals surface area contributed by atoms with Crippen LogP contribution in [0.5, 0.6) is 0 Å². The van der Waals surface area contributed by atoms with Crippen LogP contribution in [0.15, 0.2) is 78.5 Å². The van der Waals surface area contributed by atoms with Gasteiger partial charge in [0.25, 0.3) is 5.91 Å². The van der Waals surface area contributed by atoms with Crippen molar-refractivity contribution in [1.82, 2.24) is 20.1 Å². The van der Waals surface area contributed by atoms with E-state index in [1.54, 1.807) is 18.2 Å². The number of hydrogen-bond donors (Lipinski definition) is 2. The number of rotatable bonds is 10. The van der Waals surface area contributed by atoms with Crippen LogP contribution in [0, 0.1) is 5.92 Å². The number of aromatic nitrogens is 3. The summed E-state index contributed by atoms with van der Waals surface area (Å²) < 4.78 is 1.86. The summed E-state index contributed by atoms with van der Waals surface area (Å²) in [6.45, 7) is 8.22. The molecule has 0 aliphatic rings. The molecule has 3 aromatic carbocycles. The summed E-state index contributed by atoms with van der Waals surface area (Å²) in [6.07, 6.45) is 1.72. The third-order valence-corrected chi connectivity index (χ3v) is 7.37. The smallest absolute Gasteiger partial charge is 0.253 e. The van der Waals surface area contributed by atoms with Gasteiger partial charge in [0.15, 0.2) is 11.0 Å². The Kier molecular flexibility index (Phi) is 9.09. The van der Waals surface area contributed by atoms with Crippen molar-refractivity contribution in [2.24, 2.45) is 5.92 Å². The zero-order chi connectivity index (χ0) is 27.2. The second-order valence-corrected chi connectivity index (χ2v) is 10.7. The van der Waals surface area contributed by atoms with Crippen LogP contribution in [-0.2, 0) is 11.3 Å². The zero-order valence-electron chi connectivity index (χ0n) is 20.9. The molecule has 2 amide bonds. The molecular weight excluding hydrogens is 541 g/mol. The number of carbonyl (C=O) groups excluding carboxylic acids is 2. The number of allylic oxidation sites excluding steroid dienone is 1. The topological polar surface area (TPSA) is 88.9 Å². The number of thioether (sulfide) groups is 1. The van der Waals surface area contributed by atoms with Gasteiger partial charge in [-0.25, -0.2) is 0 Å². The van der Waals surface area contributed by atoms with Crippen LogP contribution in [0.2, 0.25) is 10.0 Å². The largest absolute Gasteiger partial charge is 0.342 e. The normalized spacial score (nSPS) is 11.9. The fourth-order valence-electron chi connectivity index (χ4n) is 4.01. The van der Waals surface area contributed by atoms with Crippen molar-refractivity contribution in [2.45, 2.75) is 31.6 Å². The maximum absolute atomic E-state index is 13.0. The summed E-state index contributed by atoms with van der Waals surface area (Å²) in [5.41, 5.74) is 1.07. The minimum absolute atomic E-state index is 0.00898. The molecule has 0 radical (unpaired) electrons. The van der Waals surface area contributed by atoms with Crippen molar-refractivity contribution < 1.29 is 9.59 Å². The van der Waals surface area contributed by atoms with Crippen LogP contribution in [-0.4, -0.2) is 32.3 Å². The number of amides is 2. The highest BCUT2D eigenvalue weighted by Crippen LogP contribution is 2.28. The molecule has 4 rings (SSSR count). The average molecular weight is 569 g/mol. The second-order valence-electron chi connectivity index (χ2n) is 8.92.